The maximum Gasteiger partial charge on any atom is 0.242 e. The average Bonchev–Trinajstić information content (AvgIpc) is 1.98. The number of hydrogen-bond donors (Lipinski definition) is 2. The first-order valence-corrected chi connectivity index (χ1v) is 3.68. The van der Waals surface area contributed by atoms with E-state index in [1.54, 1.807) is 0 Å². The van der Waals surface area contributed by atoms with Crippen LogP contribution in [0.4, 0.5) is 4.39 Å². The van der Waals surface area contributed by atoms with Crippen molar-refractivity contribution in [3.63, 3.8) is 0 Å². The number of hydrogen-bond acceptors (Lipinski definition) is 2. The predicted molar refractivity (Wildman–Crippen MR) is 42.3 cm³/mol. The molecule has 0 aromatic rings. The second kappa shape index (κ2) is 5.51. The van der Waals surface area contributed by atoms with Gasteiger partial charge >= 0.3 is 0 Å². The van der Waals surface area contributed by atoms with Gasteiger partial charge in [0.25, 0.3) is 0 Å². The van der Waals surface area contributed by atoms with E-state index in [0.717, 1.165) is 0 Å². The summed E-state index contributed by atoms with van der Waals surface area (Å²) in [7, 11) is 0. The molecule has 0 rings (SSSR count). The highest BCUT2D eigenvalue weighted by Gasteiger charge is 2.11. The molecule has 0 saturated carbocycles. The fraction of sp³-hybridized carbons (Fsp3) is 0.714. The Bertz CT molecular complexity index is 173. The summed E-state index contributed by atoms with van der Waals surface area (Å²) in [6.07, 6.45) is 0. The van der Waals surface area contributed by atoms with Crippen molar-refractivity contribution in [1.29, 1.82) is 0 Å². The van der Waals surface area contributed by atoms with Crippen LogP contribution in [0.5, 0.6) is 0 Å². The monoisotopic (exact) mass is 176 g/mol. The molecule has 0 aliphatic heterocycles. The summed E-state index contributed by atoms with van der Waals surface area (Å²) in [4.78, 5) is 21.4. The van der Waals surface area contributed by atoms with E-state index < -0.39 is 12.7 Å². The molecule has 0 aliphatic carbocycles. The van der Waals surface area contributed by atoms with E-state index in [4.69, 9.17) is 0 Å². The topological polar surface area (TPSA) is 58.2 Å². The van der Waals surface area contributed by atoms with Crippen molar-refractivity contribution in [2.75, 3.05) is 13.2 Å². The fourth-order valence-corrected chi connectivity index (χ4v) is 0.694. The zero-order valence-electron chi connectivity index (χ0n) is 7.19. The highest BCUT2D eigenvalue weighted by molar-refractivity contribution is 5.86. The van der Waals surface area contributed by atoms with E-state index in [2.05, 4.69) is 10.6 Å². The van der Waals surface area contributed by atoms with Crippen LogP contribution in [0.1, 0.15) is 13.8 Å². The zero-order valence-corrected chi connectivity index (χ0v) is 7.19. The molecule has 1 unspecified atom stereocenters. The molecule has 4 nitrogen and oxygen atoms in total. The van der Waals surface area contributed by atoms with Gasteiger partial charge in [0.2, 0.25) is 11.8 Å². The van der Waals surface area contributed by atoms with E-state index in [-0.39, 0.29) is 18.4 Å². The molecule has 5 heteroatoms. The number of amides is 2. The smallest absolute Gasteiger partial charge is 0.242 e. The van der Waals surface area contributed by atoms with E-state index >= 15 is 0 Å². The van der Waals surface area contributed by atoms with Crippen molar-refractivity contribution in [3.05, 3.63) is 0 Å². The second-order valence-corrected chi connectivity index (χ2v) is 2.40. The van der Waals surface area contributed by atoms with E-state index in [0.29, 0.717) is 0 Å². The lowest BCUT2D eigenvalue weighted by molar-refractivity contribution is -0.127. The van der Waals surface area contributed by atoms with Gasteiger partial charge in [0.1, 0.15) is 12.7 Å². The number of carbonyl (C=O) groups excluding carboxylic acids is 2. The molecule has 0 fully saturated rings. The number of carbonyl (C=O) groups is 2. The zero-order chi connectivity index (χ0) is 9.56. The highest BCUT2D eigenvalue weighted by atomic mass is 19.1. The van der Waals surface area contributed by atoms with Crippen LogP contribution in [0.3, 0.4) is 0 Å². The number of alkyl halides is 1. The summed E-state index contributed by atoms with van der Waals surface area (Å²) in [6, 6.07) is -0.603. The lowest BCUT2D eigenvalue weighted by Crippen LogP contribution is -2.44. The molecule has 0 spiro atoms. The number of nitrogens with one attached hydrogen (secondary N) is 2. The summed E-state index contributed by atoms with van der Waals surface area (Å²) in [5.41, 5.74) is 0. The molecule has 0 radical (unpaired) electrons. The van der Waals surface area contributed by atoms with Gasteiger partial charge < -0.3 is 10.6 Å². The van der Waals surface area contributed by atoms with Crippen LogP contribution in [0.15, 0.2) is 0 Å². The van der Waals surface area contributed by atoms with Gasteiger partial charge in [0.05, 0.1) is 0 Å². The standard InChI is InChI=1S/C7H13FN2O2/c1-5(10-6(2)11)7(12)9-4-3-8/h5H,3-4H2,1-2H3,(H,9,12)(H,10,11). The molecule has 2 N–H and O–H groups in total. The molecule has 0 aliphatic rings. The maximum absolute atomic E-state index is 11.6. The third kappa shape index (κ3) is 4.65. The quantitative estimate of drug-likeness (QED) is 0.612. The van der Waals surface area contributed by atoms with Gasteiger partial charge in [0.15, 0.2) is 0 Å². The Kier molecular flexibility index (Phi) is 4.99. The molecule has 70 valence electrons. The van der Waals surface area contributed by atoms with Crippen molar-refractivity contribution in [3.8, 4) is 0 Å². The Morgan fingerprint density at radius 2 is 2.08 bits per heavy atom. The Morgan fingerprint density at radius 3 is 2.50 bits per heavy atom. The molecular weight excluding hydrogens is 163 g/mol. The van der Waals surface area contributed by atoms with Gasteiger partial charge in [-0.05, 0) is 6.92 Å². The van der Waals surface area contributed by atoms with E-state index in [9.17, 15) is 14.0 Å². The summed E-state index contributed by atoms with van der Waals surface area (Å²) in [5, 5.41) is 4.69. The Hall–Kier alpha value is -1.13. The van der Waals surface area contributed by atoms with Gasteiger partial charge in [-0.25, -0.2) is 4.39 Å². The van der Waals surface area contributed by atoms with Gasteiger partial charge in [-0.1, -0.05) is 0 Å². The first-order valence-electron chi connectivity index (χ1n) is 3.68. The average molecular weight is 176 g/mol. The van der Waals surface area contributed by atoms with Crippen molar-refractivity contribution in [2.45, 2.75) is 19.9 Å². The molecule has 12 heavy (non-hydrogen) atoms. The normalized spacial score (nSPS) is 11.9. The van der Waals surface area contributed by atoms with Gasteiger partial charge in [0, 0.05) is 13.5 Å². The van der Waals surface area contributed by atoms with Crippen LogP contribution in [-0.2, 0) is 9.59 Å². The minimum absolute atomic E-state index is 0.0112. The number of rotatable bonds is 4. The van der Waals surface area contributed by atoms with Crippen LogP contribution >= 0.6 is 0 Å². The largest absolute Gasteiger partial charge is 0.352 e. The van der Waals surface area contributed by atoms with Crippen LogP contribution < -0.4 is 10.6 Å². The lowest BCUT2D eigenvalue weighted by Gasteiger charge is -2.11. The molecule has 0 saturated heterocycles. The molecule has 0 aromatic heterocycles. The van der Waals surface area contributed by atoms with Crippen LogP contribution in [0.2, 0.25) is 0 Å². The Balaban J connectivity index is 3.69. The minimum Gasteiger partial charge on any atom is -0.352 e. The van der Waals surface area contributed by atoms with E-state index in [1.807, 2.05) is 0 Å². The van der Waals surface area contributed by atoms with Crippen molar-refractivity contribution in [2.24, 2.45) is 0 Å². The number of halogens is 1. The highest BCUT2D eigenvalue weighted by Crippen LogP contribution is 1.81. The molecule has 0 bridgehead atoms. The summed E-state index contributed by atoms with van der Waals surface area (Å²) in [6.45, 7) is 2.25. The summed E-state index contributed by atoms with van der Waals surface area (Å²) < 4.78 is 11.6. The molecule has 1 atom stereocenters. The fourth-order valence-electron chi connectivity index (χ4n) is 0.694. The SMILES string of the molecule is CC(=O)NC(C)C(=O)NCCF. The van der Waals surface area contributed by atoms with Crippen LogP contribution in [0.25, 0.3) is 0 Å². The Labute approximate surface area is 70.5 Å². The maximum atomic E-state index is 11.6. The van der Waals surface area contributed by atoms with Crippen molar-refractivity contribution >= 4 is 11.8 Å². The summed E-state index contributed by atoms with van der Waals surface area (Å²) in [5.74, 6) is -0.652. The third-order valence-corrected chi connectivity index (χ3v) is 1.21. The molecule has 0 heterocycles. The van der Waals surface area contributed by atoms with Gasteiger partial charge in [-0.3, -0.25) is 9.59 Å². The predicted octanol–water partition coefficient (Wildman–Crippen LogP) is -0.403. The van der Waals surface area contributed by atoms with Gasteiger partial charge in [-0.15, -0.1) is 0 Å². The first kappa shape index (κ1) is 10.9. The van der Waals surface area contributed by atoms with Gasteiger partial charge in [-0.2, -0.15) is 0 Å². The lowest BCUT2D eigenvalue weighted by atomic mass is 10.3. The third-order valence-electron chi connectivity index (χ3n) is 1.21. The molecular formula is C7H13FN2O2. The minimum atomic E-state index is -0.603. The van der Waals surface area contributed by atoms with Crippen LogP contribution in [0, 0.1) is 0 Å². The summed E-state index contributed by atoms with van der Waals surface area (Å²) >= 11 is 0. The van der Waals surface area contributed by atoms with Crippen molar-refractivity contribution < 1.29 is 14.0 Å². The molecule has 2 amide bonds. The Morgan fingerprint density at radius 1 is 1.50 bits per heavy atom. The van der Waals surface area contributed by atoms with Crippen LogP contribution in [-0.4, -0.2) is 31.1 Å². The first-order chi connectivity index (χ1) is 5.57. The van der Waals surface area contributed by atoms with Crippen molar-refractivity contribution in [1.82, 2.24) is 10.6 Å². The van der Waals surface area contributed by atoms with E-state index in [1.165, 1.54) is 13.8 Å². The molecule has 0 aromatic carbocycles. The second-order valence-electron chi connectivity index (χ2n) is 2.40.